The smallest absolute Gasteiger partial charge is 0.238 e. The summed E-state index contributed by atoms with van der Waals surface area (Å²) < 4.78 is 27.8. The van der Waals surface area contributed by atoms with Gasteiger partial charge in [-0.25, -0.2) is 13.6 Å². The molecule has 0 fully saturated rings. The van der Waals surface area contributed by atoms with Crippen LogP contribution in [0.2, 0.25) is 0 Å². The molecule has 0 spiro atoms. The van der Waals surface area contributed by atoms with Gasteiger partial charge in [-0.15, -0.1) is 0 Å². The molecule has 1 rings (SSSR count). The fourth-order valence-corrected chi connectivity index (χ4v) is 1.93. The van der Waals surface area contributed by atoms with Crippen molar-refractivity contribution in [3.63, 3.8) is 0 Å². The molecule has 0 radical (unpaired) electrons. The monoisotopic (exact) mass is 288 g/mol. The predicted octanol–water partition coefficient (Wildman–Crippen LogP) is 0.914. The second kappa shape index (κ2) is 5.36. The van der Waals surface area contributed by atoms with E-state index in [-0.39, 0.29) is 10.9 Å². The number of nitrogens with two attached hydrogens (primary N) is 1. The molecule has 0 aliphatic carbocycles. The Morgan fingerprint density at radius 1 is 1.42 bits per heavy atom. The Labute approximate surface area is 113 Å². The van der Waals surface area contributed by atoms with Crippen LogP contribution < -0.4 is 15.2 Å². The van der Waals surface area contributed by atoms with Crippen molar-refractivity contribution in [2.75, 3.05) is 12.4 Å². The highest BCUT2D eigenvalue weighted by atomic mass is 32.2. The van der Waals surface area contributed by atoms with E-state index in [0.717, 1.165) is 0 Å². The van der Waals surface area contributed by atoms with Crippen LogP contribution in [0.4, 0.5) is 5.69 Å². The lowest BCUT2D eigenvalue weighted by atomic mass is 10.0. The molecule has 1 aromatic carbocycles. The molecule has 1 aromatic rings. The second-order valence-corrected chi connectivity index (χ2v) is 6.49. The number of aliphatic hydroxyl groups is 1. The van der Waals surface area contributed by atoms with Crippen LogP contribution >= 0.6 is 0 Å². The maximum absolute atomic E-state index is 11.3. The van der Waals surface area contributed by atoms with Gasteiger partial charge in [-0.05, 0) is 39.0 Å². The number of sulfonamides is 1. The van der Waals surface area contributed by atoms with Crippen molar-refractivity contribution in [3.8, 4) is 5.75 Å². The van der Waals surface area contributed by atoms with Gasteiger partial charge in [-0.1, -0.05) is 0 Å². The lowest BCUT2D eigenvalue weighted by molar-refractivity contribution is 0.0648. The van der Waals surface area contributed by atoms with Crippen LogP contribution in [0.1, 0.15) is 20.8 Å². The second-order valence-electron chi connectivity index (χ2n) is 4.93. The first-order valence-corrected chi connectivity index (χ1v) is 7.30. The Kier molecular flexibility index (Phi) is 4.44. The SMILES string of the molecule is COc1ccc(S(N)(=O)=O)cc1NC(C)C(C)(C)O. The van der Waals surface area contributed by atoms with Crippen molar-refractivity contribution in [3.05, 3.63) is 18.2 Å². The molecule has 1 atom stereocenters. The number of nitrogens with one attached hydrogen (secondary N) is 1. The van der Waals surface area contributed by atoms with Gasteiger partial charge in [-0.3, -0.25) is 0 Å². The standard InChI is InChI=1S/C12H20N2O4S/c1-8(12(2,3)15)14-10-7-9(19(13,16)17)5-6-11(10)18-4/h5-8,14-15H,1-4H3,(H2,13,16,17). The van der Waals surface area contributed by atoms with Crippen LogP contribution in [-0.2, 0) is 10.0 Å². The third kappa shape index (κ3) is 4.09. The zero-order valence-corrected chi connectivity index (χ0v) is 12.3. The molecule has 6 nitrogen and oxygen atoms in total. The largest absolute Gasteiger partial charge is 0.495 e. The first kappa shape index (κ1) is 15.7. The Morgan fingerprint density at radius 2 is 2.00 bits per heavy atom. The molecule has 108 valence electrons. The van der Waals surface area contributed by atoms with E-state index in [0.29, 0.717) is 11.4 Å². The maximum atomic E-state index is 11.3. The Balaban J connectivity index is 3.18. The summed E-state index contributed by atoms with van der Waals surface area (Å²) in [6.07, 6.45) is 0. The van der Waals surface area contributed by atoms with Gasteiger partial charge in [-0.2, -0.15) is 0 Å². The van der Waals surface area contributed by atoms with Gasteiger partial charge in [0.1, 0.15) is 5.75 Å². The first-order chi connectivity index (χ1) is 8.55. The molecule has 4 N–H and O–H groups in total. The average molecular weight is 288 g/mol. The van der Waals surface area contributed by atoms with Crippen LogP contribution in [0.3, 0.4) is 0 Å². The Hall–Kier alpha value is -1.31. The normalized spacial score (nSPS) is 14.0. The molecular formula is C12H20N2O4S. The number of rotatable bonds is 5. The van der Waals surface area contributed by atoms with Gasteiger partial charge in [0.15, 0.2) is 0 Å². The summed E-state index contributed by atoms with van der Waals surface area (Å²) in [6, 6.07) is 3.96. The zero-order valence-electron chi connectivity index (χ0n) is 11.5. The molecule has 0 bridgehead atoms. The molecule has 1 unspecified atom stereocenters. The molecule has 0 aliphatic rings. The van der Waals surface area contributed by atoms with Crippen molar-refractivity contribution >= 4 is 15.7 Å². The van der Waals surface area contributed by atoms with Crippen LogP contribution in [0.5, 0.6) is 5.75 Å². The number of primary sulfonamides is 1. The molecule has 0 saturated heterocycles. The van der Waals surface area contributed by atoms with Crippen molar-refractivity contribution in [2.24, 2.45) is 5.14 Å². The minimum absolute atomic E-state index is 0.0151. The summed E-state index contributed by atoms with van der Waals surface area (Å²) in [5.41, 5.74) is -0.508. The Bertz CT molecular complexity index is 549. The van der Waals surface area contributed by atoms with Crippen molar-refractivity contribution in [2.45, 2.75) is 37.3 Å². The zero-order chi connectivity index (χ0) is 14.8. The maximum Gasteiger partial charge on any atom is 0.238 e. The number of anilines is 1. The minimum Gasteiger partial charge on any atom is -0.495 e. The lowest BCUT2D eigenvalue weighted by Crippen LogP contribution is -2.39. The van der Waals surface area contributed by atoms with E-state index in [1.807, 2.05) is 0 Å². The molecule has 7 heteroatoms. The predicted molar refractivity (Wildman–Crippen MR) is 73.7 cm³/mol. The summed E-state index contributed by atoms with van der Waals surface area (Å²) in [6.45, 7) is 5.09. The van der Waals surface area contributed by atoms with Gasteiger partial charge in [0.2, 0.25) is 10.0 Å². The molecule has 0 amide bonds. The van der Waals surface area contributed by atoms with Crippen molar-refractivity contribution in [1.82, 2.24) is 0 Å². The van der Waals surface area contributed by atoms with Gasteiger partial charge in [0, 0.05) is 0 Å². The molecule has 0 heterocycles. The fraction of sp³-hybridized carbons (Fsp3) is 0.500. The van der Waals surface area contributed by atoms with E-state index in [4.69, 9.17) is 9.88 Å². The van der Waals surface area contributed by atoms with E-state index in [1.54, 1.807) is 20.8 Å². The van der Waals surface area contributed by atoms with Gasteiger partial charge in [0.25, 0.3) is 0 Å². The highest BCUT2D eigenvalue weighted by Crippen LogP contribution is 2.29. The topological polar surface area (TPSA) is 102 Å². The van der Waals surface area contributed by atoms with Gasteiger partial charge in [0.05, 0.1) is 29.3 Å². The van der Waals surface area contributed by atoms with Gasteiger partial charge >= 0.3 is 0 Å². The minimum atomic E-state index is -3.78. The molecule has 0 aromatic heterocycles. The van der Waals surface area contributed by atoms with Crippen LogP contribution in [-0.4, -0.2) is 32.3 Å². The van der Waals surface area contributed by atoms with Crippen LogP contribution in [0.25, 0.3) is 0 Å². The van der Waals surface area contributed by atoms with E-state index in [1.165, 1.54) is 25.3 Å². The average Bonchev–Trinajstić information content (AvgIpc) is 2.26. The third-order valence-electron chi connectivity index (χ3n) is 2.93. The molecule has 0 saturated carbocycles. The summed E-state index contributed by atoms with van der Waals surface area (Å²) in [4.78, 5) is -0.0151. The number of ether oxygens (including phenoxy) is 1. The number of benzene rings is 1. The lowest BCUT2D eigenvalue weighted by Gasteiger charge is -2.28. The van der Waals surface area contributed by atoms with Crippen LogP contribution in [0.15, 0.2) is 23.1 Å². The number of methoxy groups -OCH3 is 1. The Morgan fingerprint density at radius 3 is 2.42 bits per heavy atom. The summed E-state index contributed by atoms with van der Waals surface area (Å²) in [7, 11) is -2.30. The molecule has 0 aliphatic heterocycles. The summed E-state index contributed by atoms with van der Waals surface area (Å²) in [5, 5.41) is 18.0. The third-order valence-corrected chi connectivity index (χ3v) is 3.84. The highest BCUT2D eigenvalue weighted by molar-refractivity contribution is 7.89. The highest BCUT2D eigenvalue weighted by Gasteiger charge is 2.23. The summed E-state index contributed by atoms with van der Waals surface area (Å²) in [5.74, 6) is 0.475. The van der Waals surface area contributed by atoms with E-state index in [9.17, 15) is 13.5 Å². The van der Waals surface area contributed by atoms with E-state index in [2.05, 4.69) is 5.32 Å². The molecule has 19 heavy (non-hydrogen) atoms. The number of hydrogen-bond donors (Lipinski definition) is 3. The van der Waals surface area contributed by atoms with Crippen molar-refractivity contribution < 1.29 is 18.3 Å². The summed E-state index contributed by atoms with van der Waals surface area (Å²) >= 11 is 0. The first-order valence-electron chi connectivity index (χ1n) is 5.75. The number of hydrogen-bond acceptors (Lipinski definition) is 5. The quantitative estimate of drug-likeness (QED) is 0.747. The van der Waals surface area contributed by atoms with Crippen LogP contribution in [0, 0.1) is 0 Å². The van der Waals surface area contributed by atoms with E-state index < -0.39 is 15.6 Å². The van der Waals surface area contributed by atoms with Gasteiger partial charge < -0.3 is 15.2 Å². The molecular weight excluding hydrogens is 268 g/mol. The van der Waals surface area contributed by atoms with Crippen molar-refractivity contribution in [1.29, 1.82) is 0 Å². The van der Waals surface area contributed by atoms with E-state index >= 15 is 0 Å². The fourth-order valence-electron chi connectivity index (χ4n) is 1.39.